The van der Waals surface area contributed by atoms with Crippen LogP contribution in [0.4, 0.5) is 0 Å². The van der Waals surface area contributed by atoms with E-state index in [0.29, 0.717) is 0 Å². The lowest BCUT2D eigenvalue weighted by atomic mass is 9.80. The first-order chi connectivity index (χ1) is 14.1. The molecule has 0 aliphatic carbocycles. The van der Waals surface area contributed by atoms with Crippen molar-refractivity contribution < 1.29 is 24.5 Å². The van der Waals surface area contributed by atoms with Crippen LogP contribution in [0.3, 0.4) is 0 Å². The molecule has 4 rings (SSSR count). The molecule has 1 aliphatic heterocycles. The number of esters is 1. The van der Waals surface area contributed by atoms with Crippen LogP contribution in [0.2, 0.25) is 0 Å². The summed E-state index contributed by atoms with van der Waals surface area (Å²) in [5.74, 6) is -0.837. The molecule has 0 spiro atoms. The summed E-state index contributed by atoms with van der Waals surface area (Å²) in [5, 5.41) is 19.9. The van der Waals surface area contributed by atoms with E-state index in [0.717, 1.165) is 16.7 Å². The molecule has 0 aromatic heterocycles. The third-order valence-electron chi connectivity index (χ3n) is 5.22. The Morgan fingerprint density at radius 1 is 0.759 bits per heavy atom. The van der Waals surface area contributed by atoms with Crippen LogP contribution in [0.5, 0.6) is 0 Å². The number of cyclic esters (lactones) is 1. The van der Waals surface area contributed by atoms with E-state index in [2.05, 4.69) is 0 Å². The molecule has 29 heavy (non-hydrogen) atoms. The third kappa shape index (κ3) is 3.56. The Morgan fingerprint density at radius 3 is 1.52 bits per heavy atom. The van der Waals surface area contributed by atoms with Crippen LogP contribution in [0.1, 0.15) is 16.7 Å². The largest absolute Gasteiger partial charge is 0.455 e. The number of hydrogen-bond donors (Lipinski definition) is 2. The summed E-state index contributed by atoms with van der Waals surface area (Å²) in [6, 6.07) is 29.3. The van der Waals surface area contributed by atoms with Crippen molar-refractivity contribution in [3.8, 4) is 0 Å². The fourth-order valence-electron chi connectivity index (χ4n) is 3.74. The molecule has 1 unspecified atom stereocenters. The second kappa shape index (κ2) is 8.17. The van der Waals surface area contributed by atoms with Crippen molar-refractivity contribution in [2.45, 2.75) is 23.9 Å². The lowest BCUT2D eigenvalue weighted by Crippen LogP contribution is -2.39. The van der Waals surface area contributed by atoms with Gasteiger partial charge in [0.2, 0.25) is 0 Å². The minimum Gasteiger partial charge on any atom is -0.455 e. The maximum Gasteiger partial charge on any atom is 0.338 e. The van der Waals surface area contributed by atoms with Crippen molar-refractivity contribution in [3.63, 3.8) is 0 Å². The SMILES string of the molecule is O=C1O[C@H](COC(c2ccccc2)(c2ccccc2)c2ccccc2)[C@H](O)C1O. The number of carbonyl (C=O) groups excluding carboxylic acids is 1. The van der Waals surface area contributed by atoms with Crippen LogP contribution in [0.15, 0.2) is 91.0 Å². The van der Waals surface area contributed by atoms with Crippen molar-refractivity contribution >= 4 is 5.97 Å². The molecule has 0 saturated carbocycles. The highest BCUT2D eigenvalue weighted by molar-refractivity contribution is 5.77. The van der Waals surface area contributed by atoms with Crippen molar-refractivity contribution in [2.24, 2.45) is 0 Å². The molecule has 3 aromatic carbocycles. The van der Waals surface area contributed by atoms with E-state index in [9.17, 15) is 15.0 Å². The lowest BCUT2D eigenvalue weighted by Gasteiger charge is -2.36. The first kappa shape index (κ1) is 19.3. The molecule has 3 atom stereocenters. The summed E-state index contributed by atoms with van der Waals surface area (Å²) < 4.78 is 11.6. The molecule has 1 heterocycles. The molecule has 5 heteroatoms. The molecule has 2 N–H and O–H groups in total. The lowest BCUT2D eigenvalue weighted by molar-refractivity contribution is -0.150. The normalized spacial score (nSPS) is 21.7. The molecular formula is C24H22O5. The smallest absolute Gasteiger partial charge is 0.338 e. The van der Waals surface area contributed by atoms with E-state index < -0.39 is 29.9 Å². The van der Waals surface area contributed by atoms with E-state index in [4.69, 9.17) is 9.47 Å². The quantitative estimate of drug-likeness (QED) is 0.500. The second-order valence-electron chi connectivity index (χ2n) is 7.00. The van der Waals surface area contributed by atoms with E-state index in [1.165, 1.54) is 0 Å². The Morgan fingerprint density at radius 2 is 1.17 bits per heavy atom. The fraction of sp³-hybridized carbons (Fsp3) is 0.208. The van der Waals surface area contributed by atoms with Gasteiger partial charge in [0, 0.05) is 0 Å². The van der Waals surface area contributed by atoms with Crippen molar-refractivity contribution in [1.82, 2.24) is 0 Å². The monoisotopic (exact) mass is 390 g/mol. The molecule has 0 radical (unpaired) electrons. The maximum absolute atomic E-state index is 11.6. The Kier molecular flexibility index (Phi) is 5.45. The zero-order valence-corrected chi connectivity index (χ0v) is 15.7. The number of aliphatic hydroxyl groups excluding tert-OH is 2. The number of carbonyl (C=O) groups is 1. The minimum absolute atomic E-state index is 0.0807. The van der Waals surface area contributed by atoms with Gasteiger partial charge < -0.3 is 19.7 Å². The average molecular weight is 390 g/mol. The van der Waals surface area contributed by atoms with Crippen LogP contribution in [-0.2, 0) is 19.9 Å². The van der Waals surface area contributed by atoms with Crippen LogP contribution >= 0.6 is 0 Å². The average Bonchev–Trinajstić information content (AvgIpc) is 3.03. The van der Waals surface area contributed by atoms with Crippen LogP contribution in [-0.4, -0.2) is 41.1 Å². The highest BCUT2D eigenvalue weighted by atomic mass is 16.6. The van der Waals surface area contributed by atoms with Crippen LogP contribution in [0, 0.1) is 0 Å². The van der Waals surface area contributed by atoms with Crippen molar-refractivity contribution in [3.05, 3.63) is 108 Å². The number of aliphatic hydroxyl groups is 2. The molecule has 1 saturated heterocycles. The first-order valence-electron chi connectivity index (χ1n) is 9.50. The molecule has 3 aromatic rings. The number of ether oxygens (including phenoxy) is 2. The maximum atomic E-state index is 11.6. The Labute approximate surface area is 169 Å². The third-order valence-corrected chi connectivity index (χ3v) is 5.22. The summed E-state index contributed by atoms with van der Waals surface area (Å²) >= 11 is 0. The topological polar surface area (TPSA) is 76.0 Å². The summed E-state index contributed by atoms with van der Waals surface area (Å²) in [5.41, 5.74) is 1.72. The van der Waals surface area contributed by atoms with Gasteiger partial charge in [-0.05, 0) is 16.7 Å². The van der Waals surface area contributed by atoms with Gasteiger partial charge in [-0.2, -0.15) is 0 Å². The van der Waals surface area contributed by atoms with Gasteiger partial charge >= 0.3 is 5.97 Å². The summed E-state index contributed by atoms with van der Waals surface area (Å²) in [7, 11) is 0. The zero-order valence-electron chi connectivity index (χ0n) is 15.7. The van der Waals surface area contributed by atoms with Crippen LogP contribution in [0.25, 0.3) is 0 Å². The molecule has 1 fully saturated rings. The van der Waals surface area contributed by atoms with Gasteiger partial charge in [-0.1, -0.05) is 91.0 Å². The van der Waals surface area contributed by atoms with Crippen LogP contribution < -0.4 is 0 Å². The van der Waals surface area contributed by atoms with Gasteiger partial charge in [0.15, 0.2) is 12.2 Å². The Balaban J connectivity index is 1.81. The summed E-state index contributed by atoms with van der Waals surface area (Å²) in [4.78, 5) is 11.6. The molecule has 5 nitrogen and oxygen atoms in total. The molecule has 0 amide bonds. The molecular weight excluding hydrogens is 368 g/mol. The summed E-state index contributed by atoms with van der Waals surface area (Å²) in [6.45, 7) is -0.0807. The van der Waals surface area contributed by atoms with Gasteiger partial charge in [0.25, 0.3) is 0 Å². The molecule has 0 bridgehead atoms. The van der Waals surface area contributed by atoms with E-state index >= 15 is 0 Å². The number of benzene rings is 3. The number of hydrogen-bond acceptors (Lipinski definition) is 5. The minimum atomic E-state index is -1.55. The van der Waals surface area contributed by atoms with Crippen molar-refractivity contribution in [2.75, 3.05) is 6.61 Å². The highest BCUT2D eigenvalue weighted by Crippen LogP contribution is 2.40. The Bertz CT molecular complexity index is 846. The molecule has 1 aliphatic rings. The predicted molar refractivity (Wildman–Crippen MR) is 107 cm³/mol. The van der Waals surface area contributed by atoms with Gasteiger partial charge in [0.1, 0.15) is 11.7 Å². The van der Waals surface area contributed by atoms with Crippen molar-refractivity contribution in [1.29, 1.82) is 0 Å². The summed E-state index contributed by atoms with van der Waals surface area (Å²) in [6.07, 6.45) is -3.83. The first-order valence-corrected chi connectivity index (χ1v) is 9.50. The Hall–Kier alpha value is -2.99. The standard InChI is InChI=1S/C24H22O5/c25-21-20(29-23(27)22(21)26)16-28-24(17-10-4-1-5-11-17,18-12-6-2-7-13-18)19-14-8-3-9-15-19/h1-15,20-22,25-26H,16H2/t20-,21+,22?/m1/s1. The highest BCUT2D eigenvalue weighted by Gasteiger charge is 2.45. The van der Waals surface area contributed by atoms with Gasteiger partial charge in [0.05, 0.1) is 6.61 Å². The number of rotatable bonds is 6. The second-order valence-corrected chi connectivity index (χ2v) is 7.00. The molecule has 148 valence electrons. The van der Waals surface area contributed by atoms with Gasteiger partial charge in [-0.25, -0.2) is 4.79 Å². The fourth-order valence-corrected chi connectivity index (χ4v) is 3.74. The zero-order chi connectivity index (χ0) is 20.3. The van der Waals surface area contributed by atoms with Gasteiger partial charge in [-0.3, -0.25) is 0 Å². The van der Waals surface area contributed by atoms with E-state index in [1.54, 1.807) is 0 Å². The van der Waals surface area contributed by atoms with Gasteiger partial charge in [-0.15, -0.1) is 0 Å². The van der Waals surface area contributed by atoms with E-state index in [-0.39, 0.29) is 6.61 Å². The predicted octanol–water partition coefficient (Wildman–Crippen LogP) is 2.64. The van der Waals surface area contributed by atoms with E-state index in [1.807, 2.05) is 91.0 Å².